The largest absolute Gasteiger partial charge is 0.342 e. The molecule has 1 aromatic heterocycles. The molecule has 0 saturated heterocycles. The minimum Gasteiger partial charge on any atom is -0.342 e. The summed E-state index contributed by atoms with van der Waals surface area (Å²) in [5.74, 6) is 1.22. The van der Waals surface area contributed by atoms with Crippen LogP contribution in [0.1, 0.15) is 36.7 Å². The van der Waals surface area contributed by atoms with Gasteiger partial charge in [-0.05, 0) is 78.5 Å². The Kier molecular flexibility index (Phi) is 4.70. The van der Waals surface area contributed by atoms with Gasteiger partial charge in [-0.2, -0.15) is 0 Å². The molecule has 1 amide bonds. The molecule has 0 radical (unpaired) electrons. The maximum absolute atomic E-state index is 13.1. The number of hydrogen-bond donors (Lipinski definition) is 1. The van der Waals surface area contributed by atoms with Crippen molar-refractivity contribution in [1.29, 1.82) is 0 Å². The first-order valence-electron chi connectivity index (χ1n) is 10.3. The molecule has 1 N–H and O–H groups in total. The summed E-state index contributed by atoms with van der Waals surface area (Å²) >= 11 is 1.72. The number of benzene rings is 2. The van der Waals surface area contributed by atoms with Crippen LogP contribution in [0.2, 0.25) is 0 Å². The van der Waals surface area contributed by atoms with Gasteiger partial charge in [0.15, 0.2) is 0 Å². The SMILES string of the molecule is CC1=CCC(C(=O)N2CCCc3ccc(-c4ccc5[nH]c(C)nc5c4)cc3C2)S1. The van der Waals surface area contributed by atoms with Crippen LogP contribution in [0, 0.1) is 6.92 Å². The zero-order valence-corrected chi connectivity index (χ0v) is 17.7. The molecule has 0 aliphatic carbocycles. The molecule has 2 aliphatic rings. The van der Waals surface area contributed by atoms with Gasteiger partial charge < -0.3 is 9.88 Å². The molecule has 2 aliphatic heterocycles. The summed E-state index contributed by atoms with van der Waals surface area (Å²) in [6, 6.07) is 13.1. The Morgan fingerprint density at radius 3 is 2.79 bits per heavy atom. The monoisotopic (exact) mass is 403 g/mol. The van der Waals surface area contributed by atoms with Gasteiger partial charge in [0, 0.05) is 13.1 Å². The number of nitrogens with zero attached hydrogens (tertiary/aromatic N) is 2. The van der Waals surface area contributed by atoms with Crippen molar-refractivity contribution in [1.82, 2.24) is 14.9 Å². The molecule has 3 aromatic rings. The molecule has 1 unspecified atom stereocenters. The number of hydrogen-bond acceptors (Lipinski definition) is 3. The summed E-state index contributed by atoms with van der Waals surface area (Å²) in [7, 11) is 0. The summed E-state index contributed by atoms with van der Waals surface area (Å²) in [6.07, 6.45) is 5.11. The minimum absolute atomic E-state index is 0.0602. The van der Waals surface area contributed by atoms with Crippen LogP contribution >= 0.6 is 11.8 Å². The van der Waals surface area contributed by atoms with Crippen LogP contribution in [0.15, 0.2) is 47.4 Å². The van der Waals surface area contributed by atoms with E-state index in [0.29, 0.717) is 6.54 Å². The Bertz CT molecular complexity index is 1130. The van der Waals surface area contributed by atoms with Crippen LogP contribution < -0.4 is 0 Å². The highest BCUT2D eigenvalue weighted by Crippen LogP contribution is 2.34. The van der Waals surface area contributed by atoms with Crippen LogP contribution in [0.3, 0.4) is 0 Å². The topological polar surface area (TPSA) is 49.0 Å². The number of aromatic nitrogens is 2. The smallest absolute Gasteiger partial charge is 0.236 e. The highest BCUT2D eigenvalue weighted by atomic mass is 32.2. The summed E-state index contributed by atoms with van der Waals surface area (Å²) in [4.78, 5) is 24.3. The Labute approximate surface area is 175 Å². The predicted octanol–water partition coefficient (Wildman–Crippen LogP) is 5.22. The van der Waals surface area contributed by atoms with Crippen molar-refractivity contribution in [3.63, 3.8) is 0 Å². The number of carbonyl (C=O) groups is 1. The van der Waals surface area contributed by atoms with E-state index in [1.54, 1.807) is 11.8 Å². The second-order valence-electron chi connectivity index (χ2n) is 8.06. The van der Waals surface area contributed by atoms with Crippen LogP contribution in [0.4, 0.5) is 0 Å². The zero-order chi connectivity index (χ0) is 20.0. The lowest BCUT2D eigenvalue weighted by Crippen LogP contribution is -2.36. The Morgan fingerprint density at radius 1 is 1.14 bits per heavy atom. The number of nitrogens with one attached hydrogen (secondary N) is 1. The molecule has 4 nitrogen and oxygen atoms in total. The van der Waals surface area contributed by atoms with E-state index in [0.717, 1.165) is 42.7 Å². The number of carbonyl (C=O) groups excluding carboxylic acids is 1. The Hall–Kier alpha value is -2.53. The zero-order valence-electron chi connectivity index (χ0n) is 16.9. The second-order valence-corrected chi connectivity index (χ2v) is 9.51. The number of rotatable bonds is 2. The summed E-state index contributed by atoms with van der Waals surface area (Å²) < 4.78 is 0. The van der Waals surface area contributed by atoms with E-state index in [1.165, 1.54) is 27.2 Å². The molecule has 2 aromatic carbocycles. The van der Waals surface area contributed by atoms with Crippen LogP contribution in [-0.2, 0) is 17.8 Å². The molecule has 3 heterocycles. The summed E-state index contributed by atoms with van der Waals surface area (Å²) in [6.45, 7) is 5.63. The number of H-pyrrole nitrogens is 1. The van der Waals surface area contributed by atoms with Gasteiger partial charge in [-0.25, -0.2) is 4.98 Å². The lowest BCUT2D eigenvalue weighted by atomic mass is 9.97. The lowest BCUT2D eigenvalue weighted by Gasteiger charge is -2.24. The maximum Gasteiger partial charge on any atom is 0.236 e. The maximum atomic E-state index is 13.1. The lowest BCUT2D eigenvalue weighted by molar-refractivity contribution is -0.131. The molecule has 5 heteroatoms. The van der Waals surface area contributed by atoms with Crippen molar-refractivity contribution in [3.8, 4) is 11.1 Å². The van der Waals surface area contributed by atoms with Crippen molar-refractivity contribution >= 4 is 28.7 Å². The molecule has 29 heavy (non-hydrogen) atoms. The van der Waals surface area contributed by atoms with Gasteiger partial charge in [0.25, 0.3) is 0 Å². The summed E-state index contributed by atoms with van der Waals surface area (Å²) in [5.41, 5.74) is 7.06. The first-order valence-corrected chi connectivity index (χ1v) is 11.2. The van der Waals surface area contributed by atoms with E-state index in [-0.39, 0.29) is 11.2 Å². The average molecular weight is 404 g/mol. The molecule has 0 bridgehead atoms. The number of allylic oxidation sites excluding steroid dienone is 2. The van der Waals surface area contributed by atoms with Gasteiger partial charge in [0.2, 0.25) is 5.91 Å². The number of aryl methyl sites for hydroxylation is 2. The molecule has 148 valence electrons. The van der Waals surface area contributed by atoms with Gasteiger partial charge in [-0.1, -0.05) is 24.3 Å². The highest BCUT2D eigenvalue weighted by molar-refractivity contribution is 8.04. The van der Waals surface area contributed by atoms with E-state index in [1.807, 2.05) is 6.92 Å². The van der Waals surface area contributed by atoms with E-state index < -0.39 is 0 Å². The molecule has 5 rings (SSSR count). The first kappa shape index (κ1) is 18.5. The van der Waals surface area contributed by atoms with Crippen molar-refractivity contribution < 1.29 is 4.79 Å². The van der Waals surface area contributed by atoms with E-state index >= 15 is 0 Å². The standard InChI is InChI=1S/C24H25N3OS/c1-15-5-10-23(29-15)24(28)27-11-3-4-17-6-7-18(12-20(17)14-27)19-8-9-21-22(13-19)26-16(2)25-21/h5-9,12-13,23H,3-4,10-11,14H2,1-2H3,(H,25,26). The van der Waals surface area contributed by atoms with Gasteiger partial charge >= 0.3 is 0 Å². The first-order chi connectivity index (χ1) is 14.1. The number of imidazole rings is 1. The Balaban J connectivity index is 1.43. The number of thioether (sulfide) groups is 1. The fraction of sp³-hybridized carbons (Fsp3) is 0.333. The molecule has 0 fully saturated rings. The van der Waals surface area contributed by atoms with E-state index in [4.69, 9.17) is 0 Å². The molecular weight excluding hydrogens is 378 g/mol. The van der Waals surface area contributed by atoms with E-state index in [2.05, 4.69) is 64.3 Å². The Morgan fingerprint density at radius 2 is 1.97 bits per heavy atom. The average Bonchev–Trinajstić information content (AvgIpc) is 3.24. The van der Waals surface area contributed by atoms with Crippen molar-refractivity contribution in [2.45, 2.75) is 44.9 Å². The van der Waals surface area contributed by atoms with Gasteiger partial charge in [-0.3, -0.25) is 4.79 Å². The van der Waals surface area contributed by atoms with Crippen molar-refractivity contribution in [2.75, 3.05) is 6.54 Å². The third-order valence-electron chi connectivity index (χ3n) is 5.91. The normalized spacial score (nSPS) is 19.2. The third-order valence-corrected chi connectivity index (χ3v) is 7.13. The molecule has 0 spiro atoms. The number of amides is 1. The highest BCUT2D eigenvalue weighted by Gasteiger charge is 2.29. The molecule has 0 saturated carbocycles. The van der Waals surface area contributed by atoms with Crippen LogP contribution in [0.25, 0.3) is 22.2 Å². The number of aromatic amines is 1. The summed E-state index contributed by atoms with van der Waals surface area (Å²) in [5, 5.41) is 0.0602. The fourth-order valence-electron chi connectivity index (χ4n) is 4.39. The fourth-order valence-corrected chi connectivity index (χ4v) is 5.47. The van der Waals surface area contributed by atoms with Gasteiger partial charge in [0.1, 0.15) is 5.82 Å². The van der Waals surface area contributed by atoms with Crippen LogP contribution in [-0.4, -0.2) is 32.6 Å². The van der Waals surface area contributed by atoms with E-state index in [9.17, 15) is 4.79 Å². The molecule has 1 atom stereocenters. The predicted molar refractivity (Wildman–Crippen MR) is 120 cm³/mol. The minimum atomic E-state index is 0.0602. The quantitative estimate of drug-likeness (QED) is 0.638. The third kappa shape index (κ3) is 3.60. The van der Waals surface area contributed by atoms with Gasteiger partial charge in [-0.15, -0.1) is 11.8 Å². The second kappa shape index (κ2) is 7.38. The van der Waals surface area contributed by atoms with Crippen LogP contribution in [0.5, 0.6) is 0 Å². The van der Waals surface area contributed by atoms with Crippen molar-refractivity contribution in [2.24, 2.45) is 0 Å². The number of fused-ring (bicyclic) bond motifs is 2. The molecular formula is C24H25N3OS. The van der Waals surface area contributed by atoms with Gasteiger partial charge in [0.05, 0.1) is 16.3 Å². The van der Waals surface area contributed by atoms with Crippen molar-refractivity contribution in [3.05, 3.63) is 64.3 Å².